The molecule has 0 fully saturated rings. The molecule has 118 valence electrons. The van der Waals surface area contributed by atoms with E-state index in [1.807, 2.05) is 6.92 Å². The molecular weight excluding hydrogens is 296 g/mol. The van der Waals surface area contributed by atoms with Gasteiger partial charge in [0.15, 0.2) is 5.82 Å². The minimum absolute atomic E-state index is 0.213. The molecule has 0 atom stereocenters. The van der Waals surface area contributed by atoms with Gasteiger partial charge in [-0.15, -0.1) is 0 Å². The van der Waals surface area contributed by atoms with E-state index < -0.39 is 0 Å². The van der Waals surface area contributed by atoms with Gasteiger partial charge in [0.05, 0.1) is 0 Å². The lowest BCUT2D eigenvalue weighted by Gasteiger charge is -2.00. The van der Waals surface area contributed by atoms with Crippen LogP contribution in [0.25, 0.3) is 11.5 Å². The summed E-state index contributed by atoms with van der Waals surface area (Å²) < 4.78 is 6.90. The maximum atomic E-state index is 11.9. The van der Waals surface area contributed by atoms with E-state index in [4.69, 9.17) is 4.52 Å². The summed E-state index contributed by atoms with van der Waals surface area (Å²) in [5.41, 5.74) is 1.21. The standard InChI is InChI=1S/C15H16N6O2/c1-2-21-10-6-12(19-21)14(22)17-9-5-13-18-15(23-20-13)11-3-7-16-8-4-11/h3-4,6-8,10H,2,5,9H2,1H3,(H,17,22). The maximum absolute atomic E-state index is 11.9. The number of aromatic nitrogens is 5. The fraction of sp³-hybridized carbons (Fsp3) is 0.267. The molecule has 0 unspecified atom stereocenters. The number of pyridine rings is 1. The van der Waals surface area contributed by atoms with Crippen molar-refractivity contribution in [1.29, 1.82) is 0 Å². The third-order valence-electron chi connectivity index (χ3n) is 3.23. The van der Waals surface area contributed by atoms with Crippen molar-refractivity contribution in [1.82, 2.24) is 30.2 Å². The van der Waals surface area contributed by atoms with Crippen LogP contribution in [0.2, 0.25) is 0 Å². The van der Waals surface area contributed by atoms with Gasteiger partial charge in [0, 0.05) is 43.7 Å². The van der Waals surface area contributed by atoms with Gasteiger partial charge in [-0.1, -0.05) is 5.16 Å². The highest BCUT2D eigenvalue weighted by Crippen LogP contribution is 2.15. The first-order valence-electron chi connectivity index (χ1n) is 7.31. The topological polar surface area (TPSA) is 98.7 Å². The lowest BCUT2D eigenvalue weighted by Crippen LogP contribution is -2.26. The Morgan fingerprint density at radius 2 is 2.13 bits per heavy atom. The molecule has 23 heavy (non-hydrogen) atoms. The van der Waals surface area contributed by atoms with E-state index in [2.05, 4.69) is 25.5 Å². The molecule has 3 rings (SSSR count). The lowest BCUT2D eigenvalue weighted by atomic mass is 10.3. The second-order valence-electron chi connectivity index (χ2n) is 4.81. The highest BCUT2D eigenvalue weighted by Gasteiger charge is 2.11. The molecule has 0 bridgehead atoms. The molecule has 0 aliphatic rings. The molecule has 3 aromatic heterocycles. The molecule has 0 aromatic carbocycles. The molecule has 0 radical (unpaired) electrons. The zero-order valence-electron chi connectivity index (χ0n) is 12.6. The number of amides is 1. The molecule has 1 amide bonds. The monoisotopic (exact) mass is 312 g/mol. The van der Waals surface area contributed by atoms with Gasteiger partial charge < -0.3 is 9.84 Å². The minimum Gasteiger partial charge on any atom is -0.350 e. The van der Waals surface area contributed by atoms with E-state index in [9.17, 15) is 4.79 Å². The van der Waals surface area contributed by atoms with Gasteiger partial charge >= 0.3 is 0 Å². The molecule has 0 aliphatic carbocycles. The Bertz CT molecular complexity index is 780. The number of nitrogens with zero attached hydrogens (tertiary/aromatic N) is 5. The first-order chi connectivity index (χ1) is 11.3. The van der Waals surface area contributed by atoms with Crippen LogP contribution in [0, 0.1) is 0 Å². The molecule has 8 nitrogen and oxygen atoms in total. The van der Waals surface area contributed by atoms with Crippen molar-refractivity contribution in [2.24, 2.45) is 0 Å². The summed E-state index contributed by atoms with van der Waals surface area (Å²) in [6.45, 7) is 3.10. The van der Waals surface area contributed by atoms with Crippen LogP contribution in [0.4, 0.5) is 0 Å². The van der Waals surface area contributed by atoms with Crippen LogP contribution < -0.4 is 5.32 Å². The summed E-state index contributed by atoms with van der Waals surface area (Å²) in [7, 11) is 0. The molecule has 3 aromatic rings. The Morgan fingerprint density at radius 1 is 1.30 bits per heavy atom. The number of hydrogen-bond donors (Lipinski definition) is 1. The molecule has 1 N–H and O–H groups in total. The van der Waals surface area contributed by atoms with Gasteiger partial charge in [-0.05, 0) is 25.1 Å². The van der Waals surface area contributed by atoms with E-state index in [1.54, 1.807) is 41.5 Å². The molecule has 0 spiro atoms. The van der Waals surface area contributed by atoms with E-state index in [0.717, 1.165) is 12.1 Å². The van der Waals surface area contributed by atoms with Gasteiger partial charge in [-0.3, -0.25) is 14.5 Å². The van der Waals surface area contributed by atoms with Crippen LogP contribution in [0.5, 0.6) is 0 Å². The fourth-order valence-corrected chi connectivity index (χ4v) is 2.00. The third-order valence-corrected chi connectivity index (χ3v) is 3.23. The Labute approximate surface area is 132 Å². The van der Waals surface area contributed by atoms with Crippen LogP contribution >= 0.6 is 0 Å². The number of carbonyl (C=O) groups excluding carboxylic acids is 1. The maximum Gasteiger partial charge on any atom is 0.271 e. The van der Waals surface area contributed by atoms with Crippen molar-refractivity contribution in [3.63, 3.8) is 0 Å². The summed E-state index contributed by atoms with van der Waals surface area (Å²) in [6.07, 6.45) is 5.58. The molecule has 0 aliphatic heterocycles. The molecule has 3 heterocycles. The van der Waals surface area contributed by atoms with Crippen molar-refractivity contribution in [2.75, 3.05) is 6.54 Å². The third kappa shape index (κ3) is 3.60. The van der Waals surface area contributed by atoms with Gasteiger partial charge in [0.1, 0.15) is 5.69 Å². The van der Waals surface area contributed by atoms with Crippen LogP contribution in [-0.4, -0.2) is 37.4 Å². The molecule has 8 heteroatoms. The fourth-order valence-electron chi connectivity index (χ4n) is 2.00. The van der Waals surface area contributed by atoms with Crippen molar-refractivity contribution >= 4 is 5.91 Å². The molecular formula is C15H16N6O2. The van der Waals surface area contributed by atoms with Gasteiger partial charge in [-0.2, -0.15) is 10.1 Å². The quantitative estimate of drug-likeness (QED) is 0.737. The minimum atomic E-state index is -0.213. The number of aryl methyl sites for hydroxylation is 1. The number of nitrogens with one attached hydrogen (secondary N) is 1. The van der Waals surface area contributed by atoms with Gasteiger partial charge in [0.2, 0.25) is 0 Å². The Kier molecular flexibility index (Phi) is 4.41. The second kappa shape index (κ2) is 6.82. The summed E-state index contributed by atoms with van der Waals surface area (Å²) in [4.78, 5) is 20.2. The SMILES string of the molecule is CCn1ccc(C(=O)NCCc2noc(-c3ccncc3)n2)n1. The van der Waals surface area contributed by atoms with Crippen LogP contribution in [0.3, 0.4) is 0 Å². The lowest BCUT2D eigenvalue weighted by molar-refractivity contribution is 0.0948. The normalized spacial score (nSPS) is 10.7. The van der Waals surface area contributed by atoms with Crippen LogP contribution in [-0.2, 0) is 13.0 Å². The Hall–Kier alpha value is -3.03. The second-order valence-corrected chi connectivity index (χ2v) is 4.81. The Morgan fingerprint density at radius 3 is 2.87 bits per heavy atom. The van der Waals surface area contributed by atoms with Crippen molar-refractivity contribution < 1.29 is 9.32 Å². The number of hydrogen-bond acceptors (Lipinski definition) is 6. The van der Waals surface area contributed by atoms with E-state index >= 15 is 0 Å². The van der Waals surface area contributed by atoms with E-state index in [-0.39, 0.29) is 5.91 Å². The predicted molar refractivity (Wildman–Crippen MR) is 81.5 cm³/mol. The average molecular weight is 312 g/mol. The first-order valence-corrected chi connectivity index (χ1v) is 7.31. The number of rotatable bonds is 6. The largest absolute Gasteiger partial charge is 0.350 e. The molecule has 0 saturated carbocycles. The highest BCUT2D eigenvalue weighted by molar-refractivity contribution is 5.92. The van der Waals surface area contributed by atoms with Crippen molar-refractivity contribution in [2.45, 2.75) is 19.9 Å². The van der Waals surface area contributed by atoms with Crippen molar-refractivity contribution in [3.8, 4) is 11.5 Å². The van der Waals surface area contributed by atoms with Gasteiger partial charge in [0.25, 0.3) is 11.8 Å². The van der Waals surface area contributed by atoms with E-state index in [0.29, 0.717) is 30.4 Å². The highest BCUT2D eigenvalue weighted by atomic mass is 16.5. The predicted octanol–water partition coefficient (Wildman–Crippen LogP) is 1.32. The summed E-state index contributed by atoms with van der Waals surface area (Å²) in [5.74, 6) is 0.765. The Balaban J connectivity index is 1.53. The summed E-state index contributed by atoms with van der Waals surface area (Å²) >= 11 is 0. The van der Waals surface area contributed by atoms with E-state index in [1.165, 1.54) is 0 Å². The summed E-state index contributed by atoms with van der Waals surface area (Å²) in [5, 5.41) is 10.8. The number of carbonyl (C=O) groups is 1. The molecule has 0 saturated heterocycles. The zero-order chi connectivity index (χ0) is 16.1. The van der Waals surface area contributed by atoms with Crippen LogP contribution in [0.1, 0.15) is 23.2 Å². The smallest absolute Gasteiger partial charge is 0.271 e. The van der Waals surface area contributed by atoms with Crippen LogP contribution in [0.15, 0.2) is 41.3 Å². The van der Waals surface area contributed by atoms with Crippen molar-refractivity contribution in [3.05, 3.63) is 48.3 Å². The zero-order valence-corrected chi connectivity index (χ0v) is 12.6. The summed E-state index contributed by atoms with van der Waals surface area (Å²) in [6, 6.07) is 5.28. The average Bonchev–Trinajstić information content (AvgIpc) is 3.25. The van der Waals surface area contributed by atoms with Gasteiger partial charge in [-0.25, -0.2) is 0 Å². The first kappa shape index (κ1) is 14.9.